The smallest absolute Gasteiger partial charge is 0.311 e. The maximum Gasteiger partial charge on any atom is 0.311 e. The van der Waals surface area contributed by atoms with Crippen LogP contribution in [0.25, 0.3) is 10.2 Å². The predicted molar refractivity (Wildman–Crippen MR) is 98.1 cm³/mol. The lowest BCUT2D eigenvalue weighted by molar-refractivity contribution is -0.150. The second kappa shape index (κ2) is 6.12. The van der Waals surface area contributed by atoms with Crippen LogP contribution in [0.3, 0.4) is 0 Å². The number of likely N-dealkylation sites (tertiary alicyclic amines) is 1. The number of hydrogen-bond donors (Lipinski definition) is 1. The third-order valence-electron chi connectivity index (χ3n) is 5.42. The van der Waals surface area contributed by atoms with Crippen molar-refractivity contribution in [3.05, 3.63) is 16.6 Å². The zero-order valence-electron chi connectivity index (χ0n) is 15.4. The molecule has 0 spiro atoms. The van der Waals surface area contributed by atoms with Crippen LogP contribution in [-0.2, 0) is 11.8 Å². The van der Waals surface area contributed by atoms with Crippen LogP contribution in [0.5, 0.6) is 0 Å². The van der Waals surface area contributed by atoms with Crippen molar-refractivity contribution in [2.45, 2.75) is 40.0 Å². The van der Waals surface area contributed by atoms with Crippen molar-refractivity contribution in [2.24, 2.45) is 18.4 Å². The van der Waals surface area contributed by atoms with E-state index in [1.807, 2.05) is 31.6 Å². The average Bonchev–Trinajstić information content (AvgIpc) is 3.21. The molecule has 1 atom stereocenters. The van der Waals surface area contributed by atoms with Gasteiger partial charge in [-0.2, -0.15) is 5.10 Å². The van der Waals surface area contributed by atoms with E-state index in [2.05, 4.69) is 18.9 Å². The van der Waals surface area contributed by atoms with Crippen LogP contribution < -0.4 is 0 Å². The van der Waals surface area contributed by atoms with Gasteiger partial charge in [-0.15, -0.1) is 11.3 Å². The lowest BCUT2D eigenvalue weighted by Crippen LogP contribution is -2.40. The molecule has 2 aromatic rings. The van der Waals surface area contributed by atoms with Crippen molar-refractivity contribution in [3.8, 4) is 0 Å². The molecule has 3 rings (SSSR count). The van der Waals surface area contributed by atoms with Gasteiger partial charge in [0.05, 0.1) is 16.0 Å². The Hall–Kier alpha value is -1.89. The summed E-state index contributed by atoms with van der Waals surface area (Å²) in [7, 11) is 1.89. The number of carboxylic acids is 1. The molecule has 2 aromatic heterocycles. The maximum absolute atomic E-state index is 13.0. The minimum absolute atomic E-state index is 0.0121. The van der Waals surface area contributed by atoms with Gasteiger partial charge in [-0.3, -0.25) is 14.3 Å². The summed E-state index contributed by atoms with van der Waals surface area (Å²) in [6, 6.07) is 1.92. The van der Waals surface area contributed by atoms with Crippen molar-refractivity contribution >= 4 is 33.4 Å². The minimum Gasteiger partial charge on any atom is -0.481 e. The molecule has 1 unspecified atom stereocenters. The third-order valence-corrected chi connectivity index (χ3v) is 6.61. The maximum atomic E-state index is 13.0. The van der Waals surface area contributed by atoms with Crippen LogP contribution in [0.15, 0.2) is 6.07 Å². The van der Waals surface area contributed by atoms with E-state index < -0.39 is 11.4 Å². The Morgan fingerprint density at radius 2 is 2.00 bits per heavy atom. The van der Waals surface area contributed by atoms with Crippen molar-refractivity contribution in [3.63, 3.8) is 0 Å². The summed E-state index contributed by atoms with van der Waals surface area (Å²) in [5, 5.41) is 15.2. The van der Waals surface area contributed by atoms with E-state index in [0.29, 0.717) is 17.8 Å². The molecule has 0 aromatic carbocycles. The first-order valence-electron chi connectivity index (χ1n) is 8.66. The molecular formula is C18H25N3O3S. The molecule has 1 fully saturated rings. The zero-order chi connectivity index (χ0) is 18.5. The second-order valence-electron chi connectivity index (χ2n) is 7.59. The van der Waals surface area contributed by atoms with E-state index >= 15 is 0 Å². The first-order valence-corrected chi connectivity index (χ1v) is 9.48. The van der Waals surface area contributed by atoms with E-state index in [4.69, 9.17) is 0 Å². The number of carbonyl (C=O) groups excluding carboxylic acids is 1. The van der Waals surface area contributed by atoms with Crippen molar-refractivity contribution < 1.29 is 14.7 Å². The Kier molecular flexibility index (Phi) is 4.39. The molecule has 7 heteroatoms. The van der Waals surface area contributed by atoms with E-state index in [1.54, 1.807) is 4.90 Å². The van der Waals surface area contributed by atoms with E-state index in [0.717, 1.165) is 15.9 Å². The molecule has 0 bridgehead atoms. The number of carbonyl (C=O) groups is 2. The number of fused-ring (bicyclic) bond motifs is 1. The van der Waals surface area contributed by atoms with Crippen LogP contribution in [0.2, 0.25) is 0 Å². The number of carboxylic acid groups (broad SMARTS) is 1. The lowest BCUT2D eigenvalue weighted by atomic mass is 9.76. The largest absolute Gasteiger partial charge is 0.481 e. The number of thiophene rings is 1. The topological polar surface area (TPSA) is 75.4 Å². The number of hydrogen-bond acceptors (Lipinski definition) is 4. The fourth-order valence-electron chi connectivity index (χ4n) is 3.65. The SMILES string of the molecule is CC(C)c1nn(C)c2sc(C(=O)N3CCC(C(=O)O)(C(C)C)C3)cc12. The Balaban J connectivity index is 1.91. The van der Waals surface area contributed by atoms with E-state index in [1.165, 1.54) is 11.3 Å². The van der Waals surface area contributed by atoms with Gasteiger partial charge in [0.25, 0.3) is 5.91 Å². The molecule has 136 valence electrons. The number of nitrogens with zero attached hydrogens (tertiary/aromatic N) is 3. The van der Waals surface area contributed by atoms with Crippen molar-refractivity contribution in [1.29, 1.82) is 0 Å². The van der Waals surface area contributed by atoms with Crippen molar-refractivity contribution in [1.82, 2.24) is 14.7 Å². The number of aliphatic carboxylic acids is 1. The van der Waals surface area contributed by atoms with Gasteiger partial charge >= 0.3 is 5.97 Å². The average molecular weight is 363 g/mol. The van der Waals surface area contributed by atoms with Crippen LogP contribution in [0.1, 0.15) is 55.4 Å². The fraction of sp³-hybridized carbons (Fsp3) is 0.611. The highest BCUT2D eigenvalue weighted by atomic mass is 32.1. The summed E-state index contributed by atoms with van der Waals surface area (Å²) in [5.74, 6) is -0.601. The number of aromatic nitrogens is 2. The van der Waals surface area contributed by atoms with Crippen molar-refractivity contribution in [2.75, 3.05) is 13.1 Å². The Morgan fingerprint density at radius 1 is 1.32 bits per heavy atom. The summed E-state index contributed by atoms with van der Waals surface area (Å²) in [6.45, 7) is 8.79. The standard InChI is InChI=1S/C18H25N3O3S/c1-10(2)14-12-8-13(25-16(12)20(5)19-14)15(22)21-7-6-18(9-21,11(3)4)17(23)24/h8,10-11H,6-7,9H2,1-5H3,(H,23,24). The molecule has 1 aliphatic heterocycles. The molecule has 25 heavy (non-hydrogen) atoms. The van der Waals surface area contributed by atoms with Gasteiger partial charge in [-0.05, 0) is 24.3 Å². The molecule has 6 nitrogen and oxygen atoms in total. The van der Waals surface area contributed by atoms with Crippen LogP contribution >= 0.6 is 11.3 Å². The van der Waals surface area contributed by atoms with Gasteiger partial charge in [0.1, 0.15) is 4.83 Å². The molecule has 1 N–H and O–H groups in total. The molecule has 1 saturated heterocycles. The molecule has 0 aliphatic carbocycles. The molecule has 0 saturated carbocycles. The van der Waals surface area contributed by atoms with Crippen LogP contribution in [0.4, 0.5) is 0 Å². The highest BCUT2D eigenvalue weighted by molar-refractivity contribution is 7.20. The van der Waals surface area contributed by atoms with Crippen LogP contribution in [0, 0.1) is 11.3 Å². The Morgan fingerprint density at radius 3 is 2.52 bits per heavy atom. The Bertz CT molecular complexity index is 836. The molecule has 1 amide bonds. The van der Waals surface area contributed by atoms with Gasteiger partial charge in [-0.25, -0.2) is 0 Å². The minimum atomic E-state index is -0.836. The van der Waals surface area contributed by atoms with Gasteiger partial charge in [0.15, 0.2) is 0 Å². The quantitative estimate of drug-likeness (QED) is 0.904. The van der Waals surface area contributed by atoms with Gasteiger partial charge in [0.2, 0.25) is 0 Å². The highest BCUT2D eigenvalue weighted by Gasteiger charge is 2.48. The predicted octanol–water partition coefficient (Wildman–Crippen LogP) is 3.33. The zero-order valence-corrected chi connectivity index (χ0v) is 16.2. The Labute approximate surface area is 151 Å². The fourth-order valence-corrected chi connectivity index (χ4v) is 4.70. The summed E-state index contributed by atoms with van der Waals surface area (Å²) in [6.07, 6.45) is 0.509. The normalized spacial score (nSPS) is 21.0. The first kappa shape index (κ1) is 17.9. The molecule has 0 radical (unpaired) electrons. The van der Waals surface area contributed by atoms with Gasteiger partial charge < -0.3 is 10.0 Å². The summed E-state index contributed by atoms with van der Waals surface area (Å²) >= 11 is 1.44. The number of aryl methyl sites for hydroxylation is 1. The molecule has 1 aliphatic rings. The third kappa shape index (κ3) is 2.74. The second-order valence-corrected chi connectivity index (χ2v) is 8.62. The lowest BCUT2D eigenvalue weighted by Gasteiger charge is -2.28. The number of rotatable bonds is 4. The monoisotopic (exact) mass is 363 g/mol. The number of amides is 1. The first-order chi connectivity index (χ1) is 11.7. The highest BCUT2D eigenvalue weighted by Crippen LogP contribution is 2.40. The molecule has 3 heterocycles. The van der Waals surface area contributed by atoms with E-state index in [-0.39, 0.29) is 24.3 Å². The summed E-state index contributed by atoms with van der Waals surface area (Å²) in [4.78, 5) is 28.1. The molecular weight excluding hydrogens is 338 g/mol. The van der Waals surface area contributed by atoms with E-state index in [9.17, 15) is 14.7 Å². The van der Waals surface area contributed by atoms with Gasteiger partial charge in [0, 0.05) is 25.5 Å². The van der Waals surface area contributed by atoms with Gasteiger partial charge in [-0.1, -0.05) is 27.7 Å². The summed E-state index contributed by atoms with van der Waals surface area (Å²) < 4.78 is 1.83. The van der Waals surface area contributed by atoms with Crippen LogP contribution in [-0.4, -0.2) is 44.8 Å². The summed E-state index contributed by atoms with van der Waals surface area (Å²) in [5.41, 5.74) is 0.160.